The van der Waals surface area contributed by atoms with Crippen molar-refractivity contribution in [2.75, 3.05) is 52.7 Å². The monoisotopic (exact) mass is 600 g/mol. The summed E-state index contributed by atoms with van der Waals surface area (Å²) in [6.07, 6.45) is 4.57. The van der Waals surface area contributed by atoms with Gasteiger partial charge in [-0.15, -0.1) is 6.58 Å². The number of ether oxygens (including phenoxy) is 3. The van der Waals surface area contributed by atoms with Gasteiger partial charge < -0.3 is 24.4 Å². The molecule has 0 aromatic carbocycles. The number of carbonyl (C=O) groups excluding carboxylic acids is 3. The fourth-order valence-corrected chi connectivity index (χ4v) is 2.48. The van der Waals surface area contributed by atoms with Crippen molar-refractivity contribution in [2.24, 2.45) is 4.99 Å². The third-order valence-corrected chi connectivity index (χ3v) is 4.56. The lowest BCUT2D eigenvalue weighted by Gasteiger charge is -2.17. The number of esters is 2. The molecule has 1 amide bonds. The van der Waals surface area contributed by atoms with Crippen LogP contribution in [0.5, 0.6) is 0 Å². The molecule has 0 saturated heterocycles. The summed E-state index contributed by atoms with van der Waals surface area (Å²) in [5.74, 6) is -1.27. The van der Waals surface area contributed by atoms with Crippen LogP contribution < -0.4 is 5.32 Å². The van der Waals surface area contributed by atoms with Gasteiger partial charge in [-0.25, -0.2) is 33.9 Å². The zero-order chi connectivity index (χ0) is 31.4. The van der Waals surface area contributed by atoms with Crippen LogP contribution >= 0.6 is 0 Å². The van der Waals surface area contributed by atoms with Crippen LogP contribution in [0.1, 0.15) is 39.5 Å². The first-order valence-electron chi connectivity index (χ1n) is 13.3. The average Bonchev–Trinajstić information content (AvgIpc) is 2.96. The van der Waals surface area contributed by atoms with Gasteiger partial charge in [0.25, 0.3) is 0 Å². The Morgan fingerprint density at radius 1 is 0.857 bits per heavy atom. The summed E-state index contributed by atoms with van der Waals surface area (Å²) >= 11 is 0. The predicted molar refractivity (Wildman–Crippen MR) is 152 cm³/mol. The molecule has 0 aromatic heterocycles. The smallest absolute Gasteiger partial charge is 0.407 e. The molecule has 0 aromatic rings. The maximum atomic E-state index is 12.1. The first kappa shape index (κ1) is 38.4. The van der Waals surface area contributed by atoms with Crippen molar-refractivity contribution in [1.29, 1.82) is 0 Å². The molecule has 14 heteroatoms. The zero-order valence-corrected chi connectivity index (χ0v) is 24.5. The second kappa shape index (κ2) is 26.3. The van der Waals surface area contributed by atoms with Crippen molar-refractivity contribution in [2.45, 2.75) is 51.7 Å². The Morgan fingerprint density at radius 2 is 1.55 bits per heavy atom. The van der Waals surface area contributed by atoms with Crippen LogP contribution in [0.3, 0.4) is 0 Å². The Bertz CT molecular complexity index is 862. The van der Waals surface area contributed by atoms with Crippen molar-refractivity contribution in [1.82, 2.24) is 5.32 Å². The summed E-state index contributed by atoms with van der Waals surface area (Å²) in [5.41, 5.74) is 0.991. The summed E-state index contributed by atoms with van der Waals surface area (Å²) in [7, 11) is 0. The molecule has 0 aliphatic heterocycles. The maximum Gasteiger partial charge on any atom is 0.407 e. The predicted octanol–water partition coefficient (Wildman–Crippen LogP) is 3.49. The molecule has 238 valence electrons. The number of alkyl carbamates (subject to hydrolysis) is 1. The van der Waals surface area contributed by atoms with Gasteiger partial charge >= 0.3 is 18.0 Å². The van der Waals surface area contributed by atoms with Crippen LogP contribution in [-0.2, 0) is 53.1 Å². The number of hydrogen-bond donors (Lipinski definition) is 1. The van der Waals surface area contributed by atoms with Crippen molar-refractivity contribution in [3.63, 3.8) is 0 Å². The number of carbonyl (C=O) groups is 3. The maximum absolute atomic E-state index is 12.1. The summed E-state index contributed by atoms with van der Waals surface area (Å²) in [5, 5.41) is 2.67. The van der Waals surface area contributed by atoms with E-state index in [-0.39, 0.29) is 45.2 Å². The highest BCUT2D eigenvalue weighted by Gasteiger charge is 2.18. The standard InChI is InChI=1S/C28H44N2O12/c1-7-15-36-38-19-24(20-39-37-16-22(3)4)41-28(33)30-14-12-10-9-11-13-29-21-40-42-25(17-34-26(31)8-2)18-35-27(32)23(5)6/h7-8,21,24-25H,1-3,5,9-20H2,4,6H3,(H,30,33). The lowest BCUT2D eigenvalue weighted by atomic mass is 10.2. The minimum Gasteiger partial charge on any atom is -0.459 e. The quantitative estimate of drug-likeness (QED) is 0.0169. The summed E-state index contributed by atoms with van der Waals surface area (Å²) in [6, 6.07) is 0. The minimum absolute atomic E-state index is 0.0562. The highest BCUT2D eigenvalue weighted by atomic mass is 17.2. The van der Waals surface area contributed by atoms with Crippen molar-refractivity contribution >= 4 is 24.4 Å². The fourth-order valence-electron chi connectivity index (χ4n) is 2.48. The van der Waals surface area contributed by atoms with Crippen LogP contribution in [0.2, 0.25) is 0 Å². The van der Waals surface area contributed by atoms with E-state index in [1.807, 2.05) is 0 Å². The van der Waals surface area contributed by atoms with Gasteiger partial charge in [-0.2, -0.15) is 4.89 Å². The Morgan fingerprint density at radius 3 is 2.21 bits per heavy atom. The lowest BCUT2D eigenvalue weighted by molar-refractivity contribution is -0.325. The number of amides is 1. The third-order valence-electron chi connectivity index (χ3n) is 4.56. The lowest BCUT2D eigenvalue weighted by Crippen LogP contribution is -2.34. The molecule has 14 nitrogen and oxygen atoms in total. The third kappa shape index (κ3) is 24.3. The minimum atomic E-state index is -0.876. The summed E-state index contributed by atoms with van der Waals surface area (Å²) < 4.78 is 15.2. The van der Waals surface area contributed by atoms with Crippen LogP contribution in [-0.4, -0.2) is 89.4 Å². The summed E-state index contributed by atoms with van der Waals surface area (Å²) in [6.45, 7) is 18.0. The Kier molecular flexibility index (Phi) is 24.1. The number of hydrogen-bond acceptors (Lipinski definition) is 13. The molecular formula is C28H44N2O12. The fraction of sp³-hybridized carbons (Fsp3) is 0.571. The first-order valence-corrected chi connectivity index (χ1v) is 13.3. The molecular weight excluding hydrogens is 556 g/mol. The largest absolute Gasteiger partial charge is 0.459 e. The highest BCUT2D eigenvalue weighted by Crippen LogP contribution is 2.03. The van der Waals surface area contributed by atoms with Gasteiger partial charge in [0, 0.05) is 24.7 Å². The number of nitrogens with zero attached hydrogens (tertiary/aromatic N) is 1. The highest BCUT2D eigenvalue weighted by molar-refractivity contribution is 5.86. The van der Waals surface area contributed by atoms with E-state index in [1.165, 1.54) is 13.0 Å². The topological polar surface area (TPSA) is 159 Å². The van der Waals surface area contributed by atoms with E-state index in [2.05, 4.69) is 36.6 Å². The molecule has 0 fully saturated rings. The number of unbranched alkanes of at least 4 members (excludes halogenated alkanes) is 3. The van der Waals surface area contributed by atoms with E-state index in [9.17, 15) is 14.4 Å². The molecule has 42 heavy (non-hydrogen) atoms. The van der Waals surface area contributed by atoms with Gasteiger partial charge in [-0.05, 0) is 26.7 Å². The van der Waals surface area contributed by atoms with Gasteiger partial charge in [0.2, 0.25) is 6.40 Å². The molecule has 0 bridgehead atoms. The van der Waals surface area contributed by atoms with E-state index in [0.29, 0.717) is 13.1 Å². The van der Waals surface area contributed by atoms with Crippen molar-refractivity contribution in [3.8, 4) is 0 Å². The van der Waals surface area contributed by atoms with E-state index < -0.39 is 30.2 Å². The van der Waals surface area contributed by atoms with Crippen LogP contribution in [0.25, 0.3) is 0 Å². The van der Waals surface area contributed by atoms with Crippen LogP contribution in [0.4, 0.5) is 4.79 Å². The Balaban J connectivity index is 4.13. The van der Waals surface area contributed by atoms with Crippen molar-refractivity contribution in [3.05, 3.63) is 49.6 Å². The number of nitrogens with one attached hydrogen (secondary N) is 1. The van der Waals surface area contributed by atoms with Crippen LogP contribution in [0.15, 0.2) is 54.6 Å². The first-order chi connectivity index (χ1) is 20.2. The Hall–Kier alpha value is -3.56. The van der Waals surface area contributed by atoms with Gasteiger partial charge in [-0.1, -0.05) is 44.2 Å². The van der Waals surface area contributed by atoms with E-state index >= 15 is 0 Å². The average molecular weight is 601 g/mol. The SMILES string of the molecule is C=CCOOCC(COOCC(=C)C)OC(=O)NCCCCCCN=COOC(COC(=O)C=C)COC(=O)C(=C)C. The van der Waals surface area contributed by atoms with Gasteiger partial charge in [0.1, 0.15) is 39.6 Å². The second-order valence-electron chi connectivity index (χ2n) is 8.77. The second-order valence-corrected chi connectivity index (χ2v) is 8.77. The molecule has 0 saturated carbocycles. The molecule has 2 atom stereocenters. The Labute approximate surface area is 247 Å². The van der Waals surface area contributed by atoms with Gasteiger partial charge in [-0.3, -0.25) is 4.99 Å². The zero-order valence-electron chi connectivity index (χ0n) is 24.5. The van der Waals surface area contributed by atoms with Gasteiger partial charge in [0.15, 0.2) is 12.2 Å². The number of aliphatic imine (C=N–C) groups is 1. The van der Waals surface area contributed by atoms with Gasteiger partial charge in [0.05, 0.1) is 0 Å². The van der Waals surface area contributed by atoms with E-state index in [4.69, 9.17) is 43.5 Å². The molecule has 0 heterocycles. The molecule has 0 aliphatic carbocycles. The van der Waals surface area contributed by atoms with E-state index in [1.54, 1.807) is 6.92 Å². The number of rotatable bonds is 27. The molecule has 2 unspecified atom stereocenters. The summed E-state index contributed by atoms with van der Waals surface area (Å²) in [4.78, 5) is 68.8. The van der Waals surface area contributed by atoms with Crippen molar-refractivity contribution < 1.29 is 57.9 Å². The molecule has 0 radical (unpaired) electrons. The molecule has 1 N–H and O–H groups in total. The van der Waals surface area contributed by atoms with E-state index in [0.717, 1.165) is 43.7 Å². The molecule has 0 rings (SSSR count). The molecule has 0 aliphatic rings. The van der Waals surface area contributed by atoms with Crippen LogP contribution in [0, 0.1) is 0 Å². The molecule has 0 spiro atoms. The normalized spacial score (nSPS) is 12.1.